The van der Waals surface area contributed by atoms with E-state index in [4.69, 9.17) is 9.47 Å². The summed E-state index contributed by atoms with van der Waals surface area (Å²) in [7, 11) is -1.41. The van der Waals surface area contributed by atoms with E-state index in [1.165, 1.54) is 42.0 Å². The second-order valence-corrected chi connectivity index (χ2v) is 17.4. The summed E-state index contributed by atoms with van der Waals surface area (Å²) in [4.78, 5) is 53.5. The standard InChI is InChI=1S/C45H46N2O8S2/c1-29(2)47(28-32-9-7-11-35(25-32)45(51)55-4)57(52,53)37-12-8-10-34(26-37)39(48)27-41-42(38-13-5-6-14-40(38)56-41)43(49)46-36-23-19-31(20-24-36)16-15-30-17-21-33(22-18-30)44(50)54-3/h7-12,17-26,29H,5-6,13-16,27-28H2,1-4H3,(H,46,49). The molecule has 0 fully saturated rings. The van der Waals surface area contributed by atoms with Crippen LogP contribution < -0.4 is 5.32 Å². The van der Waals surface area contributed by atoms with Gasteiger partial charge in [-0.05, 0) is 123 Å². The van der Waals surface area contributed by atoms with Gasteiger partial charge >= 0.3 is 11.9 Å². The van der Waals surface area contributed by atoms with Crippen LogP contribution >= 0.6 is 11.3 Å². The lowest BCUT2D eigenvalue weighted by molar-refractivity contribution is 0.0591. The molecule has 5 aromatic rings. The van der Waals surface area contributed by atoms with Crippen molar-refractivity contribution in [3.05, 3.63) is 151 Å². The average molecular weight is 807 g/mol. The number of hydrogen-bond acceptors (Lipinski definition) is 9. The largest absolute Gasteiger partial charge is 0.465 e. The van der Waals surface area contributed by atoms with Crippen LogP contribution in [0.4, 0.5) is 5.69 Å². The molecule has 0 radical (unpaired) electrons. The Balaban J connectivity index is 1.16. The van der Waals surface area contributed by atoms with Gasteiger partial charge < -0.3 is 14.8 Å². The number of esters is 2. The first-order valence-electron chi connectivity index (χ1n) is 18.9. The van der Waals surface area contributed by atoms with Gasteiger partial charge in [-0.3, -0.25) is 9.59 Å². The van der Waals surface area contributed by atoms with Gasteiger partial charge in [-0.25, -0.2) is 18.0 Å². The number of nitrogens with one attached hydrogen (secondary N) is 1. The molecule has 0 aliphatic heterocycles. The van der Waals surface area contributed by atoms with Crippen LogP contribution in [0.25, 0.3) is 0 Å². The first-order valence-corrected chi connectivity index (χ1v) is 21.2. The maximum Gasteiger partial charge on any atom is 0.337 e. The number of thiophene rings is 1. The minimum atomic E-state index is -4.06. The quantitative estimate of drug-likeness (QED) is 0.0826. The van der Waals surface area contributed by atoms with Crippen molar-refractivity contribution in [1.82, 2.24) is 4.31 Å². The third-order valence-corrected chi connectivity index (χ3v) is 13.4. The number of sulfonamides is 1. The van der Waals surface area contributed by atoms with E-state index in [0.29, 0.717) is 32.8 Å². The zero-order valence-corrected chi connectivity index (χ0v) is 34.1. The number of carbonyl (C=O) groups excluding carboxylic acids is 4. The number of fused-ring (bicyclic) bond motifs is 1. The summed E-state index contributed by atoms with van der Waals surface area (Å²) in [6.45, 7) is 3.55. The number of carbonyl (C=O) groups is 4. The van der Waals surface area contributed by atoms with E-state index in [2.05, 4.69) is 5.32 Å². The SMILES string of the molecule is COC(=O)c1ccc(CCc2ccc(NC(=O)c3c(CC(=O)c4cccc(S(=O)(=O)N(Cc5cccc(C(=O)OC)c5)C(C)C)c4)sc4c3CCCC4)cc2)cc1. The number of Topliss-reactive ketones (excluding diaryl/α,β-unsaturated/α-hetero) is 1. The molecule has 4 aromatic carbocycles. The molecule has 0 saturated heterocycles. The van der Waals surface area contributed by atoms with Crippen molar-refractivity contribution in [1.29, 1.82) is 0 Å². The van der Waals surface area contributed by atoms with Crippen molar-refractivity contribution in [2.24, 2.45) is 0 Å². The highest BCUT2D eigenvalue weighted by Crippen LogP contribution is 2.36. The van der Waals surface area contributed by atoms with Crippen LogP contribution in [0.1, 0.15) is 100 Å². The summed E-state index contributed by atoms with van der Waals surface area (Å²) in [6.07, 6.45) is 5.08. The third-order valence-electron chi connectivity index (χ3n) is 10.1. The molecule has 0 bridgehead atoms. The minimum absolute atomic E-state index is 0.0130. The van der Waals surface area contributed by atoms with Crippen molar-refractivity contribution in [2.75, 3.05) is 19.5 Å². The van der Waals surface area contributed by atoms with Gasteiger partial charge in [0.15, 0.2) is 5.78 Å². The van der Waals surface area contributed by atoms with Gasteiger partial charge in [-0.15, -0.1) is 11.3 Å². The van der Waals surface area contributed by atoms with Crippen molar-refractivity contribution >= 4 is 50.7 Å². The molecule has 0 atom stereocenters. The molecule has 57 heavy (non-hydrogen) atoms. The highest BCUT2D eigenvalue weighted by molar-refractivity contribution is 7.89. The first kappa shape index (κ1) is 41.2. The number of ketones is 1. The predicted molar refractivity (Wildman–Crippen MR) is 221 cm³/mol. The lowest BCUT2D eigenvalue weighted by Gasteiger charge is -2.26. The molecule has 10 nitrogen and oxygen atoms in total. The summed E-state index contributed by atoms with van der Waals surface area (Å²) in [6, 6.07) is 27.3. The highest BCUT2D eigenvalue weighted by atomic mass is 32.2. The van der Waals surface area contributed by atoms with Gasteiger partial charge in [0.05, 0.1) is 35.8 Å². The molecule has 1 aromatic heterocycles. The fourth-order valence-corrected chi connectivity index (χ4v) is 10.1. The predicted octanol–water partition coefficient (Wildman–Crippen LogP) is 8.26. The van der Waals surface area contributed by atoms with Crippen LogP contribution in [0.2, 0.25) is 0 Å². The molecular formula is C45H46N2O8S2. The van der Waals surface area contributed by atoms with E-state index in [-0.39, 0.29) is 41.1 Å². The molecule has 1 amide bonds. The molecule has 6 rings (SSSR count). The van der Waals surface area contributed by atoms with E-state index in [1.54, 1.807) is 62.4 Å². The zero-order valence-electron chi connectivity index (χ0n) is 32.5. The fraction of sp³-hybridized carbons (Fsp3) is 0.289. The molecule has 1 N–H and O–H groups in total. The van der Waals surface area contributed by atoms with E-state index in [1.807, 2.05) is 36.4 Å². The molecule has 12 heteroatoms. The molecule has 1 heterocycles. The third kappa shape index (κ3) is 9.76. The number of rotatable bonds is 15. The summed E-state index contributed by atoms with van der Waals surface area (Å²) >= 11 is 1.49. The van der Waals surface area contributed by atoms with E-state index < -0.39 is 22.0 Å². The Labute approximate surface area is 337 Å². The minimum Gasteiger partial charge on any atom is -0.465 e. The maximum atomic E-state index is 14.1. The number of nitrogens with zero attached hydrogens (tertiary/aromatic N) is 1. The number of aryl methyl sites for hydroxylation is 3. The molecule has 1 aliphatic rings. The number of amides is 1. The first-order chi connectivity index (χ1) is 27.4. The highest BCUT2D eigenvalue weighted by Gasteiger charge is 2.30. The van der Waals surface area contributed by atoms with Gasteiger partial charge in [0.2, 0.25) is 10.0 Å². The molecular weight excluding hydrogens is 761 g/mol. The van der Waals surface area contributed by atoms with E-state index >= 15 is 0 Å². The second kappa shape index (κ2) is 18.2. The number of anilines is 1. The summed E-state index contributed by atoms with van der Waals surface area (Å²) in [5.41, 5.74) is 6.03. The van der Waals surface area contributed by atoms with Crippen LogP contribution in [0.5, 0.6) is 0 Å². The number of hydrogen-bond donors (Lipinski definition) is 1. The van der Waals surface area contributed by atoms with E-state index in [9.17, 15) is 27.6 Å². The lowest BCUT2D eigenvalue weighted by Crippen LogP contribution is -2.36. The van der Waals surface area contributed by atoms with Crippen LogP contribution in [0.3, 0.4) is 0 Å². The monoisotopic (exact) mass is 806 g/mol. The van der Waals surface area contributed by atoms with Gasteiger partial charge in [-0.2, -0.15) is 4.31 Å². The molecule has 1 aliphatic carbocycles. The topological polar surface area (TPSA) is 136 Å². The van der Waals surface area contributed by atoms with Crippen molar-refractivity contribution in [2.45, 2.75) is 76.3 Å². The summed E-state index contributed by atoms with van der Waals surface area (Å²) in [5.74, 6) is -1.44. The van der Waals surface area contributed by atoms with Crippen molar-refractivity contribution in [3.63, 3.8) is 0 Å². The summed E-state index contributed by atoms with van der Waals surface area (Å²) in [5, 5.41) is 3.06. The van der Waals surface area contributed by atoms with Crippen molar-refractivity contribution in [3.8, 4) is 0 Å². The Morgan fingerprint density at radius 3 is 2.02 bits per heavy atom. The van der Waals surface area contributed by atoms with E-state index in [0.717, 1.165) is 60.1 Å². The Morgan fingerprint density at radius 2 is 1.35 bits per heavy atom. The van der Waals surface area contributed by atoms with Gasteiger partial charge in [0.25, 0.3) is 5.91 Å². The molecule has 0 saturated carbocycles. The van der Waals surface area contributed by atoms with Crippen molar-refractivity contribution < 1.29 is 37.1 Å². The zero-order chi connectivity index (χ0) is 40.7. The molecule has 0 unspecified atom stereocenters. The van der Waals surface area contributed by atoms with Crippen LogP contribution in [-0.4, -0.2) is 56.6 Å². The van der Waals surface area contributed by atoms with Crippen LogP contribution in [0, 0.1) is 0 Å². The molecule has 296 valence electrons. The van der Waals surface area contributed by atoms with Crippen LogP contribution in [0.15, 0.2) is 102 Å². The Morgan fingerprint density at radius 1 is 0.737 bits per heavy atom. The maximum absolute atomic E-state index is 14.1. The molecule has 0 spiro atoms. The Kier molecular flexibility index (Phi) is 13.2. The normalized spacial score (nSPS) is 12.6. The van der Waals surface area contributed by atoms with Crippen LogP contribution in [-0.2, 0) is 58.1 Å². The lowest BCUT2D eigenvalue weighted by atomic mass is 9.93. The Bertz CT molecular complexity index is 2380. The number of methoxy groups -OCH3 is 2. The van der Waals surface area contributed by atoms with Gasteiger partial charge in [0, 0.05) is 40.0 Å². The summed E-state index contributed by atoms with van der Waals surface area (Å²) < 4.78 is 39.1. The smallest absolute Gasteiger partial charge is 0.337 e. The second-order valence-electron chi connectivity index (χ2n) is 14.3. The number of benzene rings is 4. The Hall–Kier alpha value is -5.43. The number of ether oxygens (including phenoxy) is 2. The van der Waals surface area contributed by atoms with Gasteiger partial charge in [0.1, 0.15) is 0 Å². The van der Waals surface area contributed by atoms with Gasteiger partial charge in [-0.1, -0.05) is 48.5 Å². The fourth-order valence-electron chi connectivity index (χ4n) is 7.03. The average Bonchev–Trinajstić information content (AvgIpc) is 3.60.